The second-order valence-corrected chi connectivity index (χ2v) is 6.60. The SMILES string of the molecule is Cc1nc(C)c(C(=O)Nc2ccc3c(c2)CCC(=O)N3C)s1. The van der Waals surface area contributed by atoms with Gasteiger partial charge in [-0.2, -0.15) is 0 Å². The molecule has 1 aliphatic rings. The molecule has 22 heavy (non-hydrogen) atoms. The molecule has 0 spiro atoms. The lowest BCUT2D eigenvalue weighted by atomic mass is 10.0. The van der Waals surface area contributed by atoms with Crippen molar-refractivity contribution in [3.8, 4) is 0 Å². The topological polar surface area (TPSA) is 62.3 Å². The molecular weight excluding hydrogens is 298 g/mol. The maximum absolute atomic E-state index is 12.3. The minimum Gasteiger partial charge on any atom is -0.321 e. The van der Waals surface area contributed by atoms with E-state index in [2.05, 4.69) is 10.3 Å². The summed E-state index contributed by atoms with van der Waals surface area (Å²) in [5, 5.41) is 3.80. The van der Waals surface area contributed by atoms with Crippen LogP contribution in [-0.4, -0.2) is 23.8 Å². The first-order valence-electron chi connectivity index (χ1n) is 7.10. The highest BCUT2D eigenvalue weighted by Gasteiger charge is 2.21. The zero-order valence-electron chi connectivity index (χ0n) is 12.8. The number of hydrogen-bond acceptors (Lipinski definition) is 4. The Labute approximate surface area is 133 Å². The number of nitrogens with zero attached hydrogens (tertiary/aromatic N) is 2. The molecule has 0 aliphatic carbocycles. The van der Waals surface area contributed by atoms with Crippen LogP contribution in [0.1, 0.15) is 32.4 Å². The Kier molecular flexibility index (Phi) is 3.70. The Hall–Kier alpha value is -2.21. The van der Waals surface area contributed by atoms with E-state index < -0.39 is 0 Å². The summed E-state index contributed by atoms with van der Waals surface area (Å²) in [6.45, 7) is 3.73. The molecule has 0 bridgehead atoms. The summed E-state index contributed by atoms with van der Waals surface area (Å²) in [4.78, 5) is 30.6. The summed E-state index contributed by atoms with van der Waals surface area (Å²) in [6, 6.07) is 5.65. The van der Waals surface area contributed by atoms with Crippen LogP contribution in [0.4, 0.5) is 11.4 Å². The van der Waals surface area contributed by atoms with Crippen LogP contribution < -0.4 is 10.2 Å². The molecule has 2 heterocycles. The van der Waals surface area contributed by atoms with Gasteiger partial charge >= 0.3 is 0 Å². The molecule has 1 N–H and O–H groups in total. The molecule has 0 atom stereocenters. The van der Waals surface area contributed by atoms with Crippen LogP contribution in [0.5, 0.6) is 0 Å². The predicted molar refractivity (Wildman–Crippen MR) is 87.7 cm³/mol. The van der Waals surface area contributed by atoms with Crippen molar-refractivity contribution in [2.45, 2.75) is 26.7 Å². The molecule has 0 saturated carbocycles. The predicted octanol–water partition coefficient (Wildman–Crippen LogP) is 2.92. The molecule has 0 saturated heterocycles. The Balaban J connectivity index is 1.83. The van der Waals surface area contributed by atoms with E-state index in [0.29, 0.717) is 17.7 Å². The molecule has 0 unspecified atom stereocenters. The van der Waals surface area contributed by atoms with E-state index in [-0.39, 0.29) is 11.8 Å². The number of aryl methyl sites for hydroxylation is 3. The number of benzene rings is 1. The number of anilines is 2. The molecule has 1 aliphatic heterocycles. The molecule has 3 rings (SSSR count). The van der Waals surface area contributed by atoms with Crippen LogP contribution in [0.3, 0.4) is 0 Å². The highest BCUT2D eigenvalue weighted by molar-refractivity contribution is 7.13. The number of thiazole rings is 1. The lowest BCUT2D eigenvalue weighted by Crippen LogP contribution is -2.31. The molecule has 114 valence electrons. The third-order valence-corrected chi connectivity index (χ3v) is 4.86. The van der Waals surface area contributed by atoms with Crippen molar-refractivity contribution >= 4 is 34.5 Å². The van der Waals surface area contributed by atoms with Crippen molar-refractivity contribution in [3.63, 3.8) is 0 Å². The van der Waals surface area contributed by atoms with Crippen molar-refractivity contribution in [1.82, 2.24) is 4.98 Å². The van der Waals surface area contributed by atoms with Gasteiger partial charge in [-0.3, -0.25) is 9.59 Å². The zero-order chi connectivity index (χ0) is 15.9. The molecule has 1 aromatic heterocycles. The average Bonchev–Trinajstić information content (AvgIpc) is 2.82. The Morgan fingerprint density at radius 2 is 2.09 bits per heavy atom. The Bertz CT molecular complexity index is 767. The van der Waals surface area contributed by atoms with Gasteiger partial charge in [0.05, 0.1) is 10.7 Å². The summed E-state index contributed by atoms with van der Waals surface area (Å²) in [7, 11) is 1.78. The van der Waals surface area contributed by atoms with Crippen LogP contribution >= 0.6 is 11.3 Å². The first-order chi connectivity index (χ1) is 10.5. The third kappa shape index (κ3) is 2.62. The van der Waals surface area contributed by atoms with E-state index in [1.54, 1.807) is 11.9 Å². The lowest BCUT2D eigenvalue weighted by Gasteiger charge is -2.26. The van der Waals surface area contributed by atoms with Gasteiger partial charge in [-0.25, -0.2) is 4.98 Å². The minimum absolute atomic E-state index is 0.125. The average molecular weight is 315 g/mol. The molecule has 0 fully saturated rings. The fourth-order valence-corrected chi connectivity index (χ4v) is 3.48. The maximum atomic E-state index is 12.3. The summed E-state index contributed by atoms with van der Waals surface area (Å²) in [5.41, 5.74) is 3.50. The van der Waals surface area contributed by atoms with E-state index in [9.17, 15) is 9.59 Å². The second-order valence-electron chi connectivity index (χ2n) is 5.40. The molecular formula is C16H17N3O2S. The van der Waals surface area contributed by atoms with E-state index in [0.717, 1.165) is 27.6 Å². The number of fused-ring (bicyclic) bond motifs is 1. The molecule has 2 aromatic rings. The van der Waals surface area contributed by atoms with E-state index in [1.165, 1.54) is 11.3 Å². The summed E-state index contributed by atoms with van der Waals surface area (Å²) in [6.07, 6.45) is 1.22. The Morgan fingerprint density at radius 3 is 2.77 bits per heavy atom. The van der Waals surface area contributed by atoms with Gasteiger partial charge in [0.2, 0.25) is 5.91 Å². The van der Waals surface area contributed by atoms with Gasteiger partial charge in [-0.05, 0) is 44.0 Å². The van der Waals surface area contributed by atoms with Gasteiger partial charge in [0, 0.05) is 24.8 Å². The van der Waals surface area contributed by atoms with Crippen LogP contribution in [-0.2, 0) is 11.2 Å². The van der Waals surface area contributed by atoms with Gasteiger partial charge < -0.3 is 10.2 Å². The molecule has 0 radical (unpaired) electrons. The van der Waals surface area contributed by atoms with Crippen LogP contribution in [0.25, 0.3) is 0 Å². The van der Waals surface area contributed by atoms with Gasteiger partial charge in [-0.1, -0.05) is 0 Å². The normalized spacial score (nSPS) is 14.0. The van der Waals surface area contributed by atoms with Crippen LogP contribution in [0, 0.1) is 13.8 Å². The molecule has 2 amide bonds. The van der Waals surface area contributed by atoms with Gasteiger partial charge in [0.15, 0.2) is 0 Å². The van der Waals surface area contributed by atoms with Crippen molar-refractivity contribution in [2.24, 2.45) is 0 Å². The highest BCUT2D eigenvalue weighted by Crippen LogP contribution is 2.29. The van der Waals surface area contributed by atoms with E-state index >= 15 is 0 Å². The summed E-state index contributed by atoms with van der Waals surface area (Å²) >= 11 is 1.40. The monoisotopic (exact) mass is 315 g/mol. The number of carbonyl (C=O) groups excluding carboxylic acids is 2. The third-order valence-electron chi connectivity index (χ3n) is 3.79. The smallest absolute Gasteiger partial charge is 0.267 e. The van der Waals surface area contributed by atoms with Crippen molar-refractivity contribution in [2.75, 3.05) is 17.3 Å². The number of nitrogens with one attached hydrogen (secondary N) is 1. The standard InChI is InChI=1S/C16H17N3O2S/c1-9-15(22-10(2)17-9)16(21)18-12-5-6-13-11(8-12)4-7-14(20)19(13)3/h5-6,8H,4,7H2,1-3H3,(H,18,21). The quantitative estimate of drug-likeness (QED) is 0.927. The van der Waals surface area contributed by atoms with Crippen LogP contribution in [0.15, 0.2) is 18.2 Å². The van der Waals surface area contributed by atoms with Gasteiger partial charge in [0.1, 0.15) is 4.88 Å². The molecule has 1 aromatic carbocycles. The number of hydrogen-bond donors (Lipinski definition) is 1. The summed E-state index contributed by atoms with van der Waals surface area (Å²) in [5.74, 6) is -0.0108. The van der Waals surface area contributed by atoms with Crippen molar-refractivity contribution in [1.29, 1.82) is 0 Å². The van der Waals surface area contributed by atoms with Crippen molar-refractivity contribution < 1.29 is 9.59 Å². The molecule has 5 nitrogen and oxygen atoms in total. The second kappa shape index (κ2) is 5.53. The van der Waals surface area contributed by atoms with Crippen molar-refractivity contribution in [3.05, 3.63) is 39.3 Å². The number of aromatic nitrogens is 1. The van der Waals surface area contributed by atoms with Gasteiger partial charge in [0.25, 0.3) is 5.91 Å². The number of carbonyl (C=O) groups is 2. The largest absolute Gasteiger partial charge is 0.321 e. The summed E-state index contributed by atoms with van der Waals surface area (Å²) < 4.78 is 0. The van der Waals surface area contributed by atoms with Crippen LogP contribution in [0.2, 0.25) is 0 Å². The maximum Gasteiger partial charge on any atom is 0.267 e. The molecule has 6 heteroatoms. The van der Waals surface area contributed by atoms with E-state index in [1.807, 2.05) is 32.0 Å². The minimum atomic E-state index is -0.136. The fourth-order valence-electron chi connectivity index (χ4n) is 2.66. The van der Waals surface area contributed by atoms with E-state index in [4.69, 9.17) is 0 Å². The fraction of sp³-hybridized carbons (Fsp3) is 0.312. The number of rotatable bonds is 2. The number of amides is 2. The first kappa shape index (κ1) is 14.7. The lowest BCUT2D eigenvalue weighted by molar-refractivity contribution is -0.118. The Morgan fingerprint density at radius 1 is 1.32 bits per heavy atom. The van der Waals surface area contributed by atoms with Gasteiger partial charge in [-0.15, -0.1) is 11.3 Å². The zero-order valence-corrected chi connectivity index (χ0v) is 13.6. The highest BCUT2D eigenvalue weighted by atomic mass is 32.1. The first-order valence-corrected chi connectivity index (χ1v) is 7.92.